The summed E-state index contributed by atoms with van der Waals surface area (Å²) in [6, 6.07) is 4.97. The highest BCUT2D eigenvalue weighted by molar-refractivity contribution is 7.90. The summed E-state index contributed by atoms with van der Waals surface area (Å²) in [6.07, 6.45) is 4.10. The molecule has 0 aliphatic heterocycles. The number of benzene rings is 1. The lowest BCUT2D eigenvalue weighted by Crippen LogP contribution is -2.18. The summed E-state index contributed by atoms with van der Waals surface area (Å²) in [5, 5.41) is 12.2. The number of para-hydroxylation sites is 1. The van der Waals surface area contributed by atoms with Crippen molar-refractivity contribution < 1.29 is 13.5 Å². The second-order valence-corrected chi connectivity index (χ2v) is 7.30. The first-order valence-electron chi connectivity index (χ1n) is 6.31. The molecule has 0 unspecified atom stereocenters. The van der Waals surface area contributed by atoms with Crippen molar-refractivity contribution in [3.8, 4) is 0 Å². The summed E-state index contributed by atoms with van der Waals surface area (Å²) in [4.78, 5) is 0.157. The maximum absolute atomic E-state index is 11.6. The minimum atomic E-state index is -3.31. The monoisotopic (exact) mass is 284 g/mol. The molecule has 19 heavy (non-hydrogen) atoms. The van der Waals surface area contributed by atoms with Gasteiger partial charge in [0.1, 0.15) is 0 Å². The molecule has 0 amide bonds. The standard InChI is InChI=1S/C13H20N2O3S/c1-19(17,18)11-4-2-3-10(12(11)14)15-9-13(5-6-13)7-8-16/h2-4,15-16H,5-9,14H2,1H3. The molecule has 6 heteroatoms. The fraction of sp³-hybridized carbons (Fsp3) is 0.538. The van der Waals surface area contributed by atoms with E-state index in [-0.39, 0.29) is 22.6 Å². The number of sulfone groups is 1. The van der Waals surface area contributed by atoms with Crippen LogP contribution in [-0.2, 0) is 9.84 Å². The molecule has 106 valence electrons. The number of nitrogen functional groups attached to an aromatic ring is 1. The van der Waals surface area contributed by atoms with Gasteiger partial charge in [0.15, 0.2) is 9.84 Å². The summed E-state index contributed by atoms with van der Waals surface area (Å²) in [5.41, 5.74) is 6.97. The van der Waals surface area contributed by atoms with Crippen LogP contribution in [-0.4, -0.2) is 32.9 Å². The number of aliphatic hydroxyl groups is 1. The molecule has 1 aliphatic carbocycles. The SMILES string of the molecule is CS(=O)(=O)c1cccc(NCC2(CCO)CC2)c1N. The molecule has 1 aliphatic rings. The molecule has 0 saturated heterocycles. The molecule has 5 nitrogen and oxygen atoms in total. The van der Waals surface area contributed by atoms with Gasteiger partial charge in [-0.25, -0.2) is 8.42 Å². The van der Waals surface area contributed by atoms with Gasteiger partial charge in [0, 0.05) is 19.4 Å². The molecule has 0 spiro atoms. The van der Waals surface area contributed by atoms with Gasteiger partial charge >= 0.3 is 0 Å². The Kier molecular flexibility index (Phi) is 3.73. The zero-order valence-electron chi connectivity index (χ0n) is 11.0. The van der Waals surface area contributed by atoms with Gasteiger partial charge in [-0.15, -0.1) is 0 Å². The minimum absolute atomic E-state index is 0.155. The van der Waals surface area contributed by atoms with Gasteiger partial charge < -0.3 is 16.2 Å². The summed E-state index contributed by atoms with van der Waals surface area (Å²) in [6.45, 7) is 0.894. The third kappa shape index (κ3) is 3.19. The fourth-order valence-corrected chi connectivity index (χ4v) is 3.07. The molecular formula is C13H20N2O3S. The summed E-state index contributed by atoms with van der Waals surface area (Å²) in [7, 11) is -3.31. The molecule has 0 radical (unpaired) electrons. The molecule has 1 aromatic rings. The van der Waals surface area contributed by atoms with E-state index < -0.39 is 9.84 Å². The maximum Gasteiger partial charge on any atom is 0.177 e. The average molecular weight is 284 g/mol. The van der Waals surface area contributed by atoms with E-state index in [1.54, 1.807) is 12.1 Å². The second kappa shape index (κ2) is 5.02. The van der Waals surface area contributed by atoms with Gasteiger partial charge in [-0.2, -0.15) is 0 Å². The largest absolute Gasteiger partial charge is 0.396 e. The van der Waals surface area contributed by atoms with Crippen LogP contribution in [0.5, 0.6) is 0 Å². The van der Waals surface area contributed by atoms with E-state index in [2.05, 4.69) is 5.32 Å². The summed E-state index contributed by atoms with van der Waals surface area (Å²) < 4.78 is 23.2. The lowest BCUT2D eigenvalue weighted by atomic mass is 10.0. The van der Waals surface area contributed by atoms with Crippen LogP contribution in [0.3, 0.4) is 0 Å². The van der Waals surface area contributed by atoms with Crippen LogP contribution in [0.4, 0.5) is 11.4 Å². The topological polar surface area (TPSA) is 92.4 Å². The van der Waals surface area contributed by atoms with Crippen molar-refractivity contribution in [1.29, 1.82) is 0 Å². The smallest absolute Gasteiger partial charge is 0.177 e. The Morgan fingerprint density at radius 3 is 2.63 bits per heavy atom. The van der Waals surface area contributed by atoms with E-state index in [0.29, 0.717) is 12.2 Å². The Hall–Kier alpha value is -1.27. The number of hydrogen-bond acceptors (Lipinski definition) is 5. The first-order valence-corrected chi connectivity index (χ1v) is 8.20. The second-order valence-electron chi connectivity index (χ2n) is 5.32. The normalized spacial score (nSPS) is 17.2. The predicted molar refractivity (Wildman–Crippen MR) is 75.8 cm³/mol. The van der Waals surface area contributed by atoms with Crippen LogP contribution in [0.2, 0.25) is 0 Å². The Morgan fingerprint density at radius 2 is 2.11 bits per heavy atom. The number of nitrogens with two attached hydrogens (primary N) is 1. The van der Waals surface area contributed by atoms with Crippen LogP contribution in [0.1, 0.15) is 19.3 Å². The first kappa shape index (κ1) is 14.1. The zero-order chi connectivity index (χ0) is 14.1. The number of hydrogen-bond donors (Lipinski definition) is 3. The third-order valence-electron chi connectivity index (χ3n) is 3.72. The van der Waals surface area contributed by atoms with Crippen molar-refractivity contribution in [2.75, 3.05) is 30.5 Å². The molecule has 0 aromatic heterocycles. The molecule has 4 N–H and O–H groups in total. The molecule has 0 bridgehead atoms. The van der Waals surface area contributed by atoms with Gasteiger partial charge in [-0.05, 0) is 36.8 Å². The number of nitrogens with one attached hydrogen (secondary N) is 1. The van der Waals surface area contributed by atoms with Gasteiger partial charge in [0.25, 0.3) is 0 Å². The number of anilines is 2. The number of aliphatic hydroxyl groups excluding tert-OH is 1. The quantitative estimate of drug-likeness (QED) is 0.684. The third-order valence-corrected chi connectivity index (χ3v) is 4.87. The van der Waals surface area contributed by atoms with Crippen LogP contribution in [0.25, 0.3) is 0 Å². The number of rotatable bonds is 6. The van der Waals surface area contributed by atoms with E-state index in [1.807, 2.05) is 0 Å². The van der Waals surface area contributed by atoms with Crippen LogP contribution < -0.4 is 11.1 Å². The van der Waals surface area contributed by atoms with Crippen molar-refractivity contribution in [3.63, 3.8) is 0 Å². The van der Waals surface area contributed by atoms with Crippen molar-refractivity contribution in [3.05, 3.63) is 18.2 Å². The van der Waals surface area contributed by atoms with Crippen LogP contribution in [0, 0.1) is 5.41 Å². The highest BCUT2D eigenvalue weighted by Crippen LogP contribution is 2.48. The van der Waals surface area contributed by atoms with Crippen LogP contribution in [0.15, 0.2) is 23.1 Å². The molecular weight excluding hydrogens is 264 g/mol. The van der Waals surface area contributed by atoms with E-state index in [0.717, 1.165) is 25.5 Å². The van der Waals surface area contributed by atoms with Crippen molar-refractivity contribution in [1.82, 2.24) is 0 Å². The molecule has 2 rings (SSSR count). The zero-order valence-corrected chi connectivity index (χ0v) is 11.8. The molecule has 1 saturated carbocycles. The Bertz CT molecular complexity index is 565. The van der Waals surface area contributed by atoms with Gasteiger partial charge in [-0.1, -0.05) is 6.07 Å². The van der Waals surface area contributed by atoms with Crippen LogP contribution >= 0.6 is 0 Å². The van der Waals surface area contributed by atoms with E-state index in [1.165, 1.54) is 6.07 Å². The summed E-state index contributed by atoms with van der Waals surface area (Å²) >= 11 is 0. The van der Waals surface area contributed by atoms with E-state index in [4.69, 9.17) is 10.8 Å². The van der Waals surface area contributed by atoms with E-state index in [9.17, 15) is 8.42 Å². The fourth-order valence-electron chi connectivity index (χ4n) is 2.23. The Labute approximate surface area is 113 Å². The van der Waals surface area contributed by atoms with Crippen molar-refractivity contribution >= 4 is 21.2 Å². The minimum Gasteiger partial charge on any atom is -0.396 e. The Balaban J connectivity index is 2.14. The first-order chi connectivity index (χ1) is 8.88. The summed E-state index contributed by atoms with van der Waals surface area (Å²) in [5.74, 6) is 0. The van der Waals surface area contributed by atoms with Gasteiger partial charge in [0.2, 0.25) is 0 Å². The molecule has 0 atom stereocenters. The lowest BCUT2D eigenvalue weighted by molar-refractivity contribution is 0.253. The molecule has 1 aromatic carbocycles. The maximum atomic E-state index is 11.6. The average Bonchev–Trinajstić information content (AvgIpc) is 3.07. The highest BCUT2D eigenvalue weighted by atomic mass is 32.2. The molecule has 0 heterocycles. The Morgan fingerprint density at radius 1 is 1.42 bits per heavy atom. The van der Waals surface area contributed by atoms with Crippen molar-refractivity contribution in [2.45, 2.75) is 24.2 Å². The predicted octanol–water partition coefficient (Wildman–Crippen LogP) is 1.25. The lowest BCUT2D eigenvalue weighted by Gasteiger charge is -2.17. The van der Waals surface area contributed by atoms with E-state index >= 15 is 0 Å². The van der Waals surface area contributed by atoms with Gasteiger partial charge in [0.05, 0.1) is 16.3 Å². The highest BCUT2D eigenvalue weighted by Gasteiger charge is 2.41. The molecule has 1 fully saturated rings. The van der Waals surface area contributed by atoms with Gasteiger partial charge in [-0.3, -0.25) is 0 Å². The van der Waals surface area contributed by atoms with Crippen molar-refractivity contribution in [2.24, 2.45) is 5.41 Å².